The second kappa shape index (κ2) is 8.10. The Bertz CT molecular complexity index is 922. The summed E-state index contributed by atoms with van der Waals surface area (Å²) >= 11 is 0. The van der Waals surface area contributed by atoms with Crippen LogP contribution in [0.2, 0.25) is 0 Å². The lowest BCUT2D eigenvalue weighted by Gasteiger charge is -2.18. The lowest BCUT2D eigenvalue weighted by Crippen LogP contribution is -2.36. The van der Waals surface area contributed by atoms with Gasteiger partial charge in [-0.1, -0.05) is 6.07 Å². The van der Waals surface area contributed by atoms with E-state index in [4.69, 9.17) is 4.74 Å². The van der Waals surface area contributed by atoms with Crippen LogP contribution in [-0.2, 0) is 27.6 Å². The Balaban J connectivity index is 1.60. The standard InChI is InChI=1S/C20H23NO5S/c1-14(13-26-20(23)16-6-9-18(22)10-7-16)21-27(24,25)19-11-8-15-4-2-3-5-17(15)12-19/h6-12,14,21-22H,2-5,13H2,1H3. The van der Waals surface area contributed by atoms with E-state index in [9.17, 15) is 18.3 Å². The molecular formula is C20H23NO5S. The number of hydrogen-bond donors (Lipinski definition) is 2. The maximum Gasteiger partial charge on any atom is 0.338 e. The second-order valence-corrected chi connectivity index (χ2v) is 8.52. The molecule has 0 spiro atoms. The van der Waals surface area contributed by atoms with Crippen LogP contribution in [0.15, 0.2) is 47.4 Å². The summed E-state index contributed by atoms with van der Waals surface area (Å²) in [6.07, 6.45) is 4.11. The minimum absolute atomic E-state index is 0.0535. The van der Waals surface area contributed by atoms with Crippen molar-refractivity contribution in [1.82, 2.24) is 4.72 Å². The van der Waals surface area contributed by atoms with E-state index in [0.29, 0.717) is 0 Å². The number of nitrogens with one attached hydrogen (secondary N) is 1. The van der Waals surface area contributed by atoms with Crippen LogP contribution in [0.5, 0.6) is 5.75 Å². The zero-order valence-electron chi connectivity index (χ0n) is 15.1. The van der Waals surface area contributed by atoms with E-state index >= 15 is 0 Å². The molecule has 0 radical (unpaired) electrons. The summed E-state index contributed by atoms with van der Waals surface area (Å²) in [5.74, 6) is -0.521. The van der Waals surface area contributed by atoms with E-state index < -0.39 is 22.0 Å². The highest BCUT2D eigenvalue weighted by atomic mass is 32.2. The van der Waals surface area contributed by atoms with Gasteiger partial charge in [0.05, 0.1) is 16.5 Å². The summed E-state index contributed by atoms with van der Waals surface area (Å²) in [6.45, 7) is 1.55. The van der Waals surface area contributed by atoms with Crippen molar-refractivity contribution in [2.24, 2.45) is 0 Å². The number of aryl methyl sites for hydroxylation is 2. The number of benzene rings is 2. The minimum Gasteiger partial charge on any atom is -0.508 e. The van der Waals surface area contributed by atoms with Gasteiger partial charge >= 0.3 is 5.97 Å². The quantitative estimate of drug-likeness (QED) is 0.741. The molecule has 27 heavy (non-hydrogen) atoms. The van der Waals surface area contributed by atoms with Gasteiger partial charge < -0.3 is 9.84 Å². The molecule has 0 amide bonds. The molecule has 2 aromatic rings. The Morgan fingerprint density at radius 2 is 1.78 bits per heavy atom. The fourth-order valence-electron chi connectivity index (χ4n) is 3.13. The Morgan fingerprint density at radius 1 is 1.11 bits per heavy atom. The average molecular weight is 389 g/mol. The zero-order chi connectivity index (χ0) is 19.4. The Morgan fingerprint density at radius 3 is 2.48 bits per heavy atom. The van der Waals surface area contributed by atoms with Gasteiger partial charge in [-0.05, 0) is 80.1 Å². The van der Waals surface area contributed by atoms with Crippen LogP contribution < -0.4 is 4.72 Å². The number of esters is 1. The van der Waals surface area contributed by atoms with E-state index in [1.807, 2.05) is 6.07 Å². The van der Waals surface area contributed by atoms with Crippen LogP contribution >= 0.6 is 0 Å². The first-order valence-corrected chi connectivity index (χ1v) is 10.4. The first-order chi connectivity index (χ1) is 12.8. The molecule has 2 aromatic carbocycles. The van der Waals surface area contributed by atoms with Crippen LogP contribution in [0.3, 0.4) is 0 Å². The molecule has 1 unspecified atom stereocenters. The molecule has 0 bridgehead atoms. The van der Waals surface area contributed by atoms with Gasteiger partial charge in [-0.25, -0.2) is 17.9 Å². The molecular weight excluding hydrogens is 366 g/mol. The normalized spacial score (nSPS) is 15.0. The van der Waals surface area contributed by atoms with Crippen LogP contribution in [0.4, 0.5) is 0 Å². The Hall–Kier alpha value is -2.38. The van der Waals surface area contributed by atoms with Crippen LogP contribution in [0, 0.1) is 0 Å². The zero-order valence-corrected chi connectivity index (χ0v) is 16.0. The predicted octanol–water partition coefficient (Wildman–Crippen LogP) is 2.79. The molecule has 1 aliphatic carbocycles. The summed E-state index contributed by atoms with van der Waals surface area (Å²) in [6, 6.07) is 10.3. The molecule has 0 aliphatic heterocycles. The number of ether oxygens (including phenoxy) is 1. The van der Waals surface area contributed by atoms with E-state index in [2.05, 4.69) is 4.72 Å². The monoisotopic (exact) mass is 389 g/mol. The van der Waals surface area contributed by atoms with E-state index in [1.54, 1.807) is 19.1 Å². The summed E-state index contributed by atoms with van der Waals surface area (Å²) in [5, 5.41) is 9.24. The Labute approximate surface area is 159 Å². The summed E-state index contributed by atoms with van der Waals surface area (Å²) < 4.78 is 32.9. The summed E-state index contributed by atoms with van der Waals surface area (Å²) in [4.78, 5) is 12.2. The smallest absolute Gasteiger partial charge is 0.338 e. The van der Waals surface area contributed by atoms with Gasteiger partial charge in [-0.2, -0.15) is 0 Å². The summed E-state index contributed by atoms with van der Waals surface area (Å²) in [7, 11) is -3.69. The maximum absolute atomic E-state index is 12.6. The third-order valence-corrected chi connectivity index (χ3v) is 6.14. The highest BCUT2D eigenvalue weighted by Crippen LogP contribution is 2.24. The number of fused-ring (bicyclic) bond motifs is 1. The molecule has 0 saturated heterocycles. The highest BCUT2D eigenvalue weighted by Gasteiger charge is 2.21. The van der Waals surface area contributed by atoms with Gasteiger partial charge in [0, 0.05) is 0 Å². The lowest BCUT2D eigenvalue weighted by atomic mass is 9.92. The van der Waals surface area contributed by atoms with E-state index in [0.717, 1.165) is 31.2 Å². The van der Waals surface area contributed by atoms with Crippen molar-refractivity contribution in [3.63, 3.8) is 0 Å². The minimum atomic E-state index is -3.69. The lowest BCUT2D eigenvalue weighted by molar-refractivity contribution is 0.0481. The number of phenols is 1. The fourth-order valence-corrected chi connectivity index (χ4v) is 4.40. The van der Waals surface area contributed by atoms with Crippen molar-refractivity contribution in [2.45, 2.75) is 43.5 Å². The number of hydrogen-bond acceptors (Lipinski definition) is 5. The number of sulfonamides is 1. The third kappa shape index (κ3) is 4.87. The first-order valence-electron chi connectivity index (χ1n) is 8.95. The number of phenolic OH excluding ortho intramolecular Hbond substituents is 1. The van der Waals surface area contributed by atoms with Crippen molar-refractivity contribution in [3.05, 3.63) is 59.2 Å². The van der Waals surface area contributed by atoms with Gasteiger partial charge in [0.1, 0.15) is 12.4 Å². The molecule has 1 aliphatic rings. The van der Waals surface area contributed by atoms with Crippen LogP contribution in [0.1, 0.15) is 41.3 Å². The van der Waals surface area contributed by atoms with Gasteiger partial charge in [-0.3, -0.25) is 0 Å². The van der Waals surface area contributed by atoms with E-state index in [1.165, 1.54) is 29.8 Å². The van der Waals surface area contributed by atoms with E-state index in [-0.39, 0.29) is 22.8 Å². The second-order valence-electron chi connectivity index (χ2n) is 6.81. The van der Waals surface area contributed by atoms with Gasteiger partial charge in [0.2, 0.25) is 10.0 Å². The maximum atomic E-state index is 12.6. The first kappa shape index (κ1) is 19.4. The number of aromatic hydroxyl groups is 1. The van der Waals surface area contributed by atoms with Gasteiger partial charge in [-0.15, -0.1) is 0 Å². The molecule has 7 heteroatoms. The molecule has 0 aromatic heterocycles. The van der Waals surface area contributed by atoms with Crippen molar-refractivity contribution in [3.8, 4) is 5.75 Å². The van der Waals surface area contributed by atoms with Crippen LogP contribution in [0.25, 0.3) is 0 Å². The molecule has 0 fully saturated rings. The largest absolute Gasteiger partial charge is 0.508 e. The molecule has 1 atom stereocenters. The molecule has 0 heterocycles. The summed E-state index contributed by atoms with van der Waals surface area (Å²) in [5.41, 5.74) is 2.60. The van der Waals surface area contributed by atoms with Crippen molar-refractivity contribution in [1.29, 1.82) is 0 Å². The average Bonchev–Trinajstić information content (AvgIpc) is 2.66. The topological polar surface area (TPSA) is 92.7 Å². The molecule has 0 saturated carbocycles. The molecule has 3 rings (SSSR count). The number of carbonyl (C=O) groups is 1. The number of rotatable bonds is 6. The molecule has 2 N–H and O–H groups in total. The Kier molecular flexibility index (Phi) is 5.82. The van der Waals surface area contributed by atoms with Crippen molar-refractivity contribution in [2.75, 3.05) is 6.61 Å². The fraction of sp³-hybridized carbons (Fsp3) is 0.350. The SMILES string of the molecule is CC(COC(=O)c1ccc(O)cc1)NS(=O)(=O)c1ccc2c(c1)CCCC2. The predicted molar refractivity (Wildman–Crippen MR) is 101 cm³/mol. The highest BCUT2D eigenvalue weighted by molar-refractivity contribution is 7.89. The molecule has 6 nitrogen and oxygen atoms in total. The molecule has 144 valence electrons. The van der Waals surface area contributed by atoms with Gasteiger partial charge in [0.25, 0.3) is 0 Å². The van der Waals surface area contributed by atoms with Gasteiger partial charge in [0.15, 0.2) is 0 Å². The van der Waals surface area contributed by atoms with Crippen molar-refractivity contribution >= 4 is 16.0 Å². The van der Waals surface area contributed by atoms with Crippen LogP contribution in [-0.4, -0.2) is 32.1 Å². The van der Waals surface area contributed by atoms with Crippen molar-refractivity contribution < 1.29 is 23.1 Å². The number of carbonyl (C=O) groups excluding carboxylic acids is 1. The third-order valence-electron chi connectivity index (χ3n) is 4.55.